The summed E-state index contributed by atoms with van der Waals surface area (Å²) < 4.78 is 52.0. The van der Waals surface area contributed by atoms with Crippen LogP contribution in [0.2, 0.25) is 0 Å². The molecule has 0 heterocycles. The molecule has 1 unspecified atom stereocenters. The maximum atomic E-state index is 13.1. The van der Waals surface area contributed by atoms with E-state index in [-0.39, 0.29) is 0 Å². The lowest BCUT2D eigenvalue weighted by molar-refractivity contribution is -0.112. The molecule has 1 rings (SSSR count). The SMILES string of the molecule is CC(O)(c1c(F)cccc1F)C(F)(F)Br. The molecule has 0 amide bonds. The Morgan fingerprint density at radius 3 is 1.93 bits per heavy atom. The van der Waals surface area contributed by atoms with Gasteiger partial charge in [0.1, 0.15) is 11.6 Å². The zero-order chi connectivity index (χ0) is 11.9. The Bertz CT molecular complexity index is 353. The molecule has 1 aromatic rings. The van der Waals surface area contributed by atoms with Crippen LogP contribution in [0, 0.1) is 11.6 Å². The Morgan fingerprint density at radius 1 is 1.20 bits per heavy atom. The van der Waals surface area contributed by atoms with Crippen molar-refractivity contribution < 1.29 is 22.7 Å². The van der Waals surface area contributed by atoms with Crippen LogP contribution in [-0.4, -0.2) is 9.94 Å². The van der Waals surface area contributed by atoms with Gasteiger partial charge in [-0.25, -0.2) is 8.78 Å². The standard InChI is InChI=1S/C9H7BrF4O/c1-8(15,9(10,13)14)7-5(11)3-2-4-6(7)12/h2-4,15H,1H3. The van der Waals surface area contributed by atoms with E-state index in [2.05, 4.69) is 0 Å². The van der Waals surface area contributed by atoms with Gasteiger partial charge in [0.25, 0.3) is 0 Å². The van der Waals surface area contributed by atoms with E-state index < -0.39 is 27.6 Å². The van der Waals surface area contributed by atoms with Gasteiger partial charge in [-0.2, -0.15) is 8.78 Å². The highest BCUT2D eigenvalue weighted by atomic mass is 79.9. The summed E-state index contributed by atoms with van der Waals surface area (Å²) in [5, 5.41) is 9.41. The van der Waals surface area contributed by atoms with Crippen molar-refractivity contribution in [3.05, 3.63) is 35.4 Å². The van der Waals surface area contributed by atoms with Crippen LogP contribution in [0.1, 0.15) is 12.5 Å². The molecular formula is C9H7BrF4O. The third-order valence-electron chi connectivity index (χ3n) is 2.00. The maximum absolute atomic E-state index is 13.1. The van der Waals surface area contributed by atoms with Gasteiger partial charge >= 0.3 is 4.83 Å². The van der Waals surface area contributed by atoms with Crippen LogP contribution in [0.25, 0.3) is 0 Å². The summed E-state index contributed by atoms with van der Waals surface area (Å²) >= 11 is 1.89. The lowest BCUT2D eigenvalue weighted by Gasteiger charge is -2.29. The average molecular weight is 287 g/mol. The van der Waals surface area contributed by atoms with Crippen LogP contribution >= 0.6 is 15.9 Å². The highest BCUT2D eigenvalue weighted by molar-refractivity contribution is 9.10. The molecule has 1 nitrogen and oxygen atoms in total. The minimum absolute atomic E-state index is 0.628. The first kappa shape index (κ1) is 12.4. The lowest BCUT2D eigenvalue weighted by atomic mass is 9.95. The van der Waals surface area contributed by atoms with E-state index in [0.29, 0.717) is 6.92 Å². The van der Waals surface area contributed by atoms with Gasteiger partial charge in [-0.3, -0.25) is 0 Å². The van der Waals surface area contributed by atoms with Crippen LogP contribution in [0.3, 0.4) is 0 Å². The van der Waals surface area contributed by atoms with E-state index >= 15 is 0 Å². The highest BCUT2D eigenvalue weighted by Gasteiger charge is 2.51. The van der Waals surface area contributed by atoms with Gasteiger partial charge in [0, 0.05) is 0 Å². The van der Waals surface area contributed by atoms with E-state index in [0.717, 1.165) is 18.2 Å². The first-order chi connectivity index (χ1) is 6.68. The number of benzene rings is 1. The average Bonchev–Trinajstić information content (AvgIpc) is 2.00. The quantitative estimate of drug-likeness (QED) is 0.654. The molecule has 0 saturated carbocycles. The molecule has 0 aliphatic heterocycles. The third-order valence-corrected chi connectivity index (χ3v) is 2.77. The molecule has 0 bridgehead atoms. The number of alkyl halides is 3. The Hall–Kier alpha value is -0.620. The Labute approximate surface area is 91.9 Å². The van der Waals surface area contributed by atoms with Gasteiger partial charge in [0.05, 0.1) is 5.56 Å². The zero-order valence-electron chi connectivity index (χ0n) is 7.57. The number of aliphatic hydroxyl groups is 1. The second kappa shape index (κ2) is 3.75. The summed E-state index contributed by atoms with van der Waals surface area (Å²) in [5.74, 6) is -2.45. The smallest absolute Gasteiger partial charge is 0.333 e. The summed E-state index contributed by atoms with van der Waals surface area (Å²) in [7, 11) is 0. The molecule has 0 spiro atoms. The Morgan fingerprint density at radius 2 is 1.60 bits per heavy atom. The van der Waals surface area contributed by atoms with Crippen molar-refractivity contribution in [2.24, 2.45) is 0 Å². The second-order valence-electron chi connectivity index (χ2n) is 3.17. The van der Waals surface area contributed by atoms with Gasteiger partial charge in [0.15, 0.2) is 5.60 Å². The van der Waals surface area contributed by atoms with Crippen molar-refractivity contribution in [3.63, 3.8) is 0 Å². The Kier molecular flexibility index (Phi) is 3.11. The Balaban J connectivity index is 3.39. The molecule has 1 atom stereocenters. The summed E-state index contributed by atoms with van der Waals surface area (Å²) in [6, 6.07) is 2.62. The van der Waals surface area contributed by atoms with Crippen molar-refractivity contribution in [2.75, 3.05) is 0 Å². The van der Waals surface area contributed by atoms with Gasteiger partial charge < -0.3 is 5.11 Å². The summed E-state index contributed by atoms with van der Waals surface area (Å²) in [6.07, 6.45) is 0. The minimum Gasteiger partial charge on any atom is -0.378 e. The molecule has 1 N–H and O–H groups in total. The van der Waals surface area contributed by atoms with Crippen LogP contribution in [0.15, 0.2) is 18.2 Å². The van der Waals surface area contributed by atoms with Gasteiger partial charge in [0.2, 0.25) is 0 Å². The van der Waals surface area contributed by atoms with Crippen LogP contribution in [0.4, 0.5) is 17.6 Å². The molecule has 0 aliphatic rings. The number of hydrogen-bond acceptors (Lipinski definition) is 1. The summed E-state index contributed by atoms with van der Waals surface area (Å²) in [4.78, 5) is -3.83. The zero-order valence-corrected chi connectivity index (χ0v) is 9.16. The topological polar surface area (TPSA) is 20.2 Å². The maximum Gasteiger partial charge on any atom is 0.333 e. The molecule has 0 radical (unpaired) electrons. The predicted molar refractivity (Wildman–Crippen MR) is 49.8 cm³/mol. The monoisotopic (exact) mass is 286 g/mol. The van der Waals surface area contributed by atoms with E-state index in [4.69, 9.17) is 0 Å². The second-order valence-corrected chi connectivity index (χ2v) is 4.16. The molecule has 0 aromatic heterocycles. The van der Waals surface area contributed by atoms with Crippen molar-refractivity contribution in [1.29, 1.82) is 0 Å². The first-order valence-corrected chi connectivity index (χ1v) is 4.71. The van der Waals surface area contributed by atoms with E-state index in [1.54, 1.807) is 0 Å². The lowest BCUT2D eigenvalue weighted by Crippen LogP contribution is -2.39. The predicted octanol–water partition coefficient (Wildman–Crippen LogP) is 3.16. The van der Waals surface area contributed by atoms with E-state index in [9.17, 15) is 22.7 Å². The van der Waals surface area contributed by atoms with Crippen LogP contribution in [-0.2, 0) is 5.60 Å². The fourth-order valence-corrected chi connectivity index (χ4v) is 1.30. The molecule has 0 fully saturated rings. The normalized spacial score (nSPS) is 16.2. The molecule has 1 aromatic carbocycles. The van der Waals surface area contributed by atoms with Crippen LogP contribution < -0.4 is 0 Å². The third kappa shape index (κ3) is 2.15. The molecule has 0 aliphatic carbocycles. The highest BCUT2D eigenvalue weighted by Crippen LogP contribution is 2.43. The molecule has 6 heteroatoms. The van der Waals surface area contributed by atoms with Crippen molar-refractivity contribution in [2.45, 2.75) is 17.4 Å². The molecule has 84 valence electrons. The van der Waals surface area contributed by atoms with Crippen molar-refractivity contribution >= 4 is 15.9 Å². The van der Waals surface area contributed by atoms with Gasteiger partial charge in [-0.05, 0) is 35.0 Å². The fraction of sp³-hybridized carbons (Fsp3) is 0.333. The van der Waals surface area contributed by atoms with Crippen LogP contribution in [0.5, 0.6) is 0 Å². The van der Waals surface area contributed by atoms with Crippen molar-refractivity contribution in [1.82, 2.24) is 0 Å². The van der Waals surface area contributed by atoms with E-state index in [1.807, 2.05) is 15.9 Å². The van der Waals surface area contributed by atoms with E-state index in [1.165, 1.54) is 0 Å². The first-order valence-electron chi connectivity index (χ1n) is 3.91. The summed E-state index contributed by atoms with van der Waals surface area (Å²) in [5.41, 5.74) is -4.02. The van der Waals surface area contributed by atoms with Gasteiger partial charge in [-0.15, -0.1) is 0 Å². The number of halogens is 5. The minimum atomic E-state index is -3.83. The fourth-order valence-electron chi connectivity index (χ4n) is 1.10. The number of rotatable bonds is 2. The number of hydrogen-bond donors (Lipinski definition) is 1. The summed E-state index contributed by atoms with van der Waals surface area (Å²) in [6.45, 7) is 0.628. The van der Waals surface area contributed by atoms with Crippen molar-refractivity contribution in [3.8, 4) is 0 Å². The molecule has 15 heavy (non-hydrogen) atoms. The molecular weight excluding hydrogens is 280 g/mol. The molecule has 0 saturated heterocycles. The largest absolute Gasteiger partial charge is 0.378 e. The van der Waals surface area contributed by atoms with Gasteiger partial charge in [-0.1, -0.05) is 6.07 Å².